The molecule has 0 N–H and O–H groups in total. The quantitative estimate of drug-likeness (QED) is 0.205. The predicted molar refractivity (Wildman–Crippen MR) is 149 cm³/mol. The van der Waals surface area contributed by atoms with E-state index in [4.69, 9.17) is 0 Å². The van der Waals surface area contributed by atoms with E-state index in [-0.39, 0.29) is 0 Å². The topological polar surface area (TPSA) is 57.2 Å². The summed E-state index contributed by atoms with van der Waals surface area (Å²) in [4.78, 5) is -1.24. The Kier molecular flexibility index (Phi) is 8.96. The first-order valence-corrected chi connectivity index (χ1v) is 18.4. The summed E-state index contributed by atoms with van der Waals surface area (Å²) in [6.45, 7) is 0. The van der Waals surface area contributed by atoms with Crippen molar-refractivity contribution in [1.82, 2.24) is 0 Å². The van der Waals surface area contributed by atoms with E-state index in [0.717, 1.165) is 12.1 Å². The van der Waals surface area contributed by atoms with Crippen molar-refractivity contribution >= 4 is 43.0 Å². The van der Waals surface area contributed by atoms with Crippen LogP contribution in [0.2, 0.25) is 0 Å². The van der Waals surface area contributed by atoms with Gasteiger partial charge in [-0.25, -0.2) is 8.42 Å². The molecule has 0 aliphatic carbocycles. The van der Waals surface area contributed by atoms with Crippen molar-refractivity contribution in [3.8, 4) is 0 Å². The van der Waals surface area contributed by atoms with Gasteiger partial charge in [-0.1, -0.05) is 12.1 Å². The average molecular weight is 655 g/mol. The first-order chi connectivity index (χ1) is 18.6. The Bertz CT molecular complexity index is 1430. The monoisotopic (exact) mass is 654 g/mol. The van der Waals surface area contributed by atoms with E-state index < -0.39 is 45.6 Å². The van der Waals surface area contributed by atoms with Crippen molar-refractivity contribution in [2.45, 2.75) is 11.1 Å². The molecule has 0 aliphatic heterocycles. The third-order valence-electron chi connectivity index (χ3n) is 6.04. The molecule has 0 spiro atoms. The van der Waals surface area contributed by atoms with Gasteiger partial charge in [0.1, 0.15) is 10.1 Å². The third kappa shape index (κ3) is 6.44. The molecule has 0 aromatic heterocycles. The second kappa shape index (κ2) is 12.2. The molecule has 8 heteroatoms. The molecular weight excluding hydrogens is 631 g/mol. The minimum atomic E-state index is -5.09. The summed E-state index contributed by atoms with van der Waals surface area (Å²) in [6, 6.07) is 47.6. The van der Waals surface area contributed by atoms with Gasteiger partial charge in [-0.15, -0.1) is 0 Å². The Balaban J connectivity index is 0.000000215. The van der Waals surface area contributed by atoms with Gasteiger partial charge in [0, 0.05) is 0 Å². The maximum absolute atomic E-state index is 12.2. The Morgan fingerprint density at radius 3 is 1.03 bits per heavy atom. The number of benzene rings is 5. The fourth-order valence-corrected chi connectivity index (χ4v) is 17.3. The fourth-order valence-electron chi connectivity index (χ4n) is 4.42. The average Bonchev–Trinajstić information content (AvgIpc) is 2.95. The third-order valence-corrected chi connectivity index (χ3v) is 19.2. The van der Waals surface area contributed by atoms with Crippen LogP contribution in [0.3, 0.4) is 0 Å². The van der Waals surface area contributed by atoms with E-state index in [0.29, 0.717) is 12.1 Å². The van der Waals surface area contributed by atoms with E-state index >= 15 is 0 Å². The van der Waals surface area contributed by atoms with Gasteiger partial charge in [0.25, 0.3) is 0 Å². The van der Waals surface area contributed by atoms with Crippen LogP contribution in [-0.2, 0) is 16.3 Å². The van der Waals surface area contributed by atoms with Gasteiger partial charge >= 0.3 is 160 Å². The number of rotatable bonds is 5. The van der Waals surface area contributed by atoms with Crippen molar-refractivity contribution < 1.29 is 26.1 Å². The van der Waals surface area contributed by atoms with E-state index in [1.54, 1.807) is 0 Å². The molecule has 0 aliphatic rings. The van der Waals surface area contributed by atoms with Gasteiger partial charge in [0.05, 0.1) is 10.5 Å². The van der Waals surface area contributed by atoms with Gasteiger partial charge in [-0.05, 0) is 12.1 Å². The van der Waals surface area contributed by atoms with E-state index in [9.17, 15) is 26.1 Å². The van der Waals surface area contributed by atoms with E-state index in [1.807, 2.05) is 0 Å². The number of alkyl halides is 3. The Morgan fingerprint density at radius 1 is 0.487 bits per heavy atom. The molecule has 5 aromatic carbocycles. The molecular formula is C31H24F3O3SSb. The summed E-state index contributed by atoms with van der Waals surface area (Å²) in [5, 5.41) is 0. The van der Waals surface area contributed by atoms with E-state index in [2.05, 4.69) is 121 Å². The zero-order valence-corrected chi connectivity index (χ0v) is 23.9. The van der Waals surface area contributed by atoms with Crippen LogP contribution < -0.4 is 14.0 Å². The van der Waals surface area contributed by atoms with Crippen LogP contribution in [-0.4, -0.2) is 31.8 Å². The summed E-state index contributed by atoms with van der Waals surface area (Å²) in [6.07, 6.45) is -4.84. The van der Waals surface area contributed by atoms with Gasteiger partial charge < -0.3 is 4.55 Å². The normalized spacial score (nSPS) is 11.8. The molecule has 0 amide bonds. The summed E-state index contributed by atoms with van der Waals surface area (Å²) in [7, 11) is -5.09. The van der Waals surface area contributed by atoms with Crippen molar-refractivity contribution in [3.05, 3.63) is 151 Å². The Morgan fingerprint density at radius 2 is 0.769 bits per heavy atom. The summed E-state index contributed by atoms with van der Waals surface area (Å²) >= 11 is -3.17. The second-order valence-electron chi connectivity index (χ2n) is 8.46. The molecule has 5 aromatic rings. The first kappa shape index (κ1) is 28.6. The molecule has 0 bridgehead atoms. The predicted octanol–water partition coefficient (Wildman–Crippen LogP) is 4.67. The van der Waals surface area contributed by atoms with Crippen LogP contribution in [0, 0.1) is 0 Å². The number of hydrogen-bond acceptors (Lipinski definition) is 3. The molecule has 0 atom stereocenters. The van der Waals surface area contributed by atoms with Crippen LogP contribution in [0.5, 0.6) is 0 Å². The molecule has 198 valence electrons. The Labute approximate surface area is 230 Å². The summed E-state index contributed by atoms with van der Waals surface area (Å²) < 4.78 is 73.8. The van der Waals surface area contributed by atoms with Crippen LogP contribution in [0.1, 0.15) is 5.56 Å². The van der Waals surface area contributed by atoms with Gasteiger partial charge in [-0.2, -0.15) is 13.2 Å². The van der Waals surface area contributed by atoms with Crippen molar-refractivity contribution in [2.24, 2.45) is 0 Å². The molecule has 0 saturated heterocycles. The Hall–Kier alpha value is -3.38. The van der Waals surface area contributed by atoms with Crippen LogP contribution in [0.25, 0.3) is 0 Å². The fraction of sp³-hybridized carbons (Fsp3) is 0.0323. The number of halogens is 3. The van der Waals surface area contributed by atoms with Crippen molar-refractivity contribution in [3.63, 3.8) is 0 Å². The molecule has 3 nitrogen and oxygen atoms in total. The molecule has 5 rings (SSSR count). The minimum absolute atomic E-state index is 0.546. The van der Waals surface area contributed by atoms with Gasteiger partial charge in [0.2, 0.25) is 0 Å². The van der Waals surface area contributed by atoms with Crippen molar-refractivity contribution in [1.29, 1.82) is 0 Å². The zero-order chi connectivity index (χ0) is 27.9. The molecule has 0 fully saturated rings. The summed E-state index contributed by atoms with van der Waals surface area (Å²) in [5.74, 6) is 0. The molecule has 0 radical (unpaired) electrons. The molecule has 0 saturated carbocycles. The van der Waals surface area contributed by atoms with Crippen LogP contribution >= 0.6 is 0 Å². The summed E-state index contributed by atoms with van der Waals surface area (Å²) in [5.41, 5.74) is -1.44. The van der Waals surface area contributed by atoms with Crippen molar-refractivity contribution in [2.75, 3.05) is 0 Å². The maximum atomic E-state index is 12.2. The zero-order valence-electron chi connectivity index (χ0n) is 20.6. The van der Waals surface area contributed by atoms with Gasteiger partial charge in [-0.3, -0.25) is 0 Å². The number of hydrogen-bond donors (Lipinski definition) is 0. The van der Waals surface area contributed by atoms with Crippen LogP contribution in [0.4, 0.5) is 13.2 Å². The standard InChI is InChI=1S/C7H5F3O3S.4C6H5.Sb/c8-7(9,10)5-3-1-2-4-6(5)14(11,12)13;4*1-2-4-6-5-3-1;/h1-4H,(H,11,12,13);4*1-5H;/q;;;;;+1/p-1. The van der Waals surface area contributed by atoms with Crippen LogP contribution in [0.15, 0.2) is 150 Å². The van der Waals surface area contributed by atoms with Gasteiger partial charge in [0.15, 0.2) is 0 Å². The molecule has 39 heavy (non-hydrogen) atoms. The first-order valence-electron chi connectivity index (χ1n) is 11.9. The molecule has 0 heterocycles. The SMILES string of the molecule is O=S(=O)([O-])c1ccccc1C(F)(F)F.c1cc[c]([Sb+]([c]2ccccc2)([c]2ccccc2)[c]2ccccc2)cc1. The molecule has 0 unspecified atom stereocenters. The second-order valence-corrected chi connectivity index (χ2v) is 19.5. The van der Waals surface area contributed by atoms with E-state index in [1.165, 1.54) is 14.0 Å².